The fourth-order valence-corrected chi connectivity index (χ4v) is 2.94. The van der Waals surface area contributed by atoms with Gasteiger partial charge in [-0.15, -0.1) is 6.58 Å². The molecule has 0 aromatic rings. The van der Waals surface area contributed by atoms with Gasteiger partial charge in [0.1, 0.15) is 0 Å². The normalized spacial score (nSPS) is 11.7. The summed E-state index contributed by atoms with van der Waals surface area (Å²) in [7, 11) is 0. The molecule has 1 nitrogen and oxygen atoms in total. The molecule has 0 atom stereocenters. The first-order valence-electron chi connectivity index (χ1n) is 8.70. The SMILES string of the molecule is C=CCCCCCCCCCC[N+](CC)(CC)CC. The summed E-state index contributed by atoms with van der Waals surface area (Å²) in [4.78, 5) is 0. The van der Waals surface area contributed by atoms with Crippen LogP contribution in [0.4, 0.5) is 0 Å². The Morgan fingerprint density at radius 3 is 1.53 bits per heavy atom. The summed E-state index contributed by atoms with van der Waals surface area (Å²) in [5, 5.41) is 0. The molecule has 0 aromatic heterocycles. The molecule has 0 aliphatic rings. The van der Waals surface area contributed by atoms with Crippen LogP contribution in [-0.2, 0) is 0 Å². The van der Waals surface area contributed by atoms with Crippen LogP contribution in [0.3, 0.4) is 0 Å². The van der Waals surface area contributed by atoms with Crippen LogP contribution in [0, 0.1) is 0 Å². The number of hydrogen-bond donors (Lipinski definition) is 0. The molecule has 114 valence electrons. The quantitative estimate of drug-likeness (QED) is 0.220. The van der Waals surface area contributed by atoms with Gasteiger partial charge in [0, 0.05) is 0 Å². The Hall–Kier alpha value is -0.300. The number of hydrogen-bond acceptors (Lipinski definition) is 0. The molecule has 0 aliphatic heterocycles. The summed E-state index contributed by atoms with van der Waals surface area (Å²) in [5.74, 6) is 0. The molecule has 0 saturated heterocycles. The maximum absolute atomic E-state index is 3.77. The minimum atomic E-state index is 1.20. The minimum Gasteiger partial charge on any atom is -0.324 e. The van der Waals surface area contributed by atoms with Crippen LogP contribution >= 0.6 is 0 Å². The molecular formula is C18H38N+. The van der Waals surface area contributed by atoms with Gasteiger partial charge in [0.15, 0.2) is 0 Å². The van der Waals surface area contributed by atoms with E-state index in [2.05, 4.69) is 27.4 Å². The number of quaternary nitrogens is 1. The van der Waals surface area contributed by atoms with E-state index < -0.39 is 0 Å². The van der Waals surface area contributed by atoms with E-state index in [0.29, 0.717) is 0 Å². The first-order chi connectivity index (χ1) is 9.24. The van der Waals surface area contributed by atoms with Crippen molar-refractivity contribution in [1.82, 2.24) is 0 Å². The largest absolute Gasteiger partial charge is 0.324 e. The van der Waals surface area contributed by atoms with Gasteiger partial charge >= 0.3 is 0 Å². The van der Waals surface area contributed by atoms with E-state index in [1.807, 2.05) is 6.08 Å². The van der Waals surface area contributed by atoms with Crippen LogP contribution in [0.1, 0.15) is 78.6 Å². The highest BCUT2D eigenvalue weighted by Gasteiger charge is 2.19. The first-order valence-corrected chi connectivity index (χ1v) is 8.70. The second kappa shape index (κ2) is 12.7. The lowest BCUT2D eigenvalue weighted by Crippen LogP contribution is -2.48. The van der Waals surface area contributed by atoms with E-state index in [4.69, 9.17) is 0 Å². The van der Waals surface area contributed by atoms with Crippen molar-refractivity contribution in [2.45, 2.75) is 78.6 Å². The maximum Gasteiger partial charge on any atom is 0.0786 e. The minimum absolute atomic E-state index is 1.20. The van der Waals surface area contributed by atoms with E-state index >= 15 is 0 Å². The van der Waals surface area contributed by atoms with Gasteiger partial charge in [-0.1, -0.05) is 38.2 Å². The van der Waals surface area contributed by atoms with E-state index in [1.54, 1.807) is 0 Å². The van der Waals surface area contributed by atoms with E-state index in [1.165, 1.54) is 88.4 Å². The van der Waals surface area contributed by atoms with Gasteiger partial charge in [-0.25, -0.2) is 0 Å². The molecule has 0 unspecified atom stereocenters. The molecule has 19 heavy (non-hydrogen) atoms. The van der Waals surface area contributed by atoms with Crippen molar-refractivity contribution < 1.29 is 4.48 Å². The van der Waals surface area contributed by atoms with Crippen molar-refractivity contribution in [1.29, 1.82) is 0 Å². The monoisotopic (exact) mass is 268 g/mol. The van der Waals surface area contributed by atoms with Crippen LogP contribution in [-0.4, -0.2) is 30.7 Å². The molecule has 0 aromatic carbocycles. The molecular weight excluding hydrogens is 230 g/mol. The zero-order valence-electron chi connectivity index (χ0n) is 13.9. The van der Waals surface area contributed by atoms with Crippen molar-refractivity contribution in [3.8, 4) is 0 Å². The molecule has 0 N–H and O–H groups in total. The summed E-state index contributed by atoms with van der Waals surface area (Å²) in [6.45, 7) is 16.1. The second-order valence-corrected chi connectivity index (χ2v) is 5.92. The van der Waals surface area contributed by atoms with Crippen molar-refractivity contribution in [3.63, 3.8) is 0 Å². The Kier molecular flexibility index (Phi) is 12.5. The van der Waals surface area contributed by atoms with Crippen molar-refractivity contribution >= 4 is 0 Å². The Labute approximate surface area is 122 Å². The van der Waals surface area contributed by atoms with Crippen LogP contribution in [0.25, 0.3) is 0 Å². The lowest BCUT2D eigenvalue weighted by molar-refractivity contribution is -0.923. The summed E-state index contributed by atoms with van der Waals surface area (Å²) in [6, 6.07) is 0. The molecule has 0 saturated carbocycles. The second-order valence-electron chi connectivity index (χ2n) is 5.92. The van der Waals surface area contributed by atoms with Gasteiger partial charge in [-0.05, 0) is 46.5 Å². The van der Waals surface area contributed by atoms with Crippen LogP contribution < -0.4 is 0 Å². The summed E-state index contributed by atoms with van der Waals surface area (Å²) in [6.07, 6.45) is 14.6. The van der Waals surface area contributed by atoms with Crippen molar-refractivity contribution in [3.05, 3.63) is 12.7 Å². The highest BCUT2D eigenvalue weighted by atomic mass is 15.3. The average molecular weight is 269 g/mol. The Bertz CT molecular complexity index is 186. The number of allylic oxidation sites excluding steroid dienone is 1. The molecule has 1 heteroatoms. The zero-order chi connectivity index (χ0) is 14.4. The standard InChI is InChI=1S/C18H38N/c1-5-9-10-11-12-13-14-15-16-17-18-19(6-2,7-3)8-4/h5H,1,6-18H2,2-4H3/q+1. The molecule has 0 rings (SSSR count). The smallest absolute Gasteiger partial charge is 0.0786 e. The molecule has 0 amide bonds. The molecule has 0 bridgehead atoms. The molecule has 0 radical (unpaired) electrons. The highest BCUT2D eigenvalue weighted by Crippen LogP contribution is 2.13. The molecule has 0 aliphatic carbocycles. The predicted molar refractivity (Wildman–Crippen MR) is 88.5 cm³/mol. The van der Waals surface area contributed by atoms with Gasteiger partial charge in [0.25, 0.3) is 0 Å². The number of nitrogens with zero attached hydrogens (tertiary/aromatic N) is 1. The third-order valence-electron chi connectivity index (χ3n) is 4.80. The number of rotatable bonds is 14. The maximum atomic E-state index is 3.77. The van der Waals surface area contributed by atoms with Crippen LogP contribution in [0.5, 0.6) is 0 Å². The topological polar surface area (TPSA) is 0 Å². The Balaban J connectivity index is 3.37. The average Bonchev–Trinajstić information content (AvgIpc) is 2.46. The lowest BCUT2D eigenvalue weighted by Gasteiger charge is -2.35. The van der Waals surface area contributed by atoms with Gasteiger partial charge in [0.2, 0.25) is 0 Å². The highest BCUT2D eigenvalue weighted by molar-refractivity contribution is 4.65. The van der Waals surface area contributed by atoms with E-state index in [-0.39, 0.29) is 0 Å². The summed E-state index contributed by atoms with van der Waals surface area (Å²) in [5.41, 5.74) is 0. The van der Waals surface area contributed by atoms with Crippen molar-refractivity contribution in [2.75, 3.05) is 26.2 Å². The zero-order valence-corrected chi connectivity index (χ0v) is 13.9. The lowest BCUT2D eigenvalue weighted by atomic mass is 10.1. The predicted octanol–water partition coefficient (Wildman–Crippen LogP) is 5.56. The molecule has 0 fully saturated rings. The van der Waals surface area contributed by atoms with Crippen molar-refractivity contribution in [2.24, 2.45) is 0 Å². The van der Waals surface area contributed by atoms with Gasteiger partial charge in [-0.3, -0.25) is 0 Å². The Morgan fingerprint density at radius 2 is 1.11 bits per heavy atom. The van der Waals surface area contributed by atoms with E-state index in [9.17, 15) is 0 Å². The fourth-order valence-electron chi connectivity index (χ4n) is 2.94. The van der Waals surface area contributed by atoms with Crippen LogP contribution in [0.15, 0.2) is 12.7 Å². The summed E-state index contributed by atoms with van der Waals surface area (Å²) < 4.78 is 1.32. The van der Waals surface area contributed by atoms with Gasteiger partial charge in [-0.2, -0.15) is 0 Å². The van der Waals surface area contributed by atoms with Gasteiger partial charge < -0.3 is 4.48 Å². The summed E-state index contributed by atoms with van der Waals surface area (Å²) >= 11 is 0. The van der Waals surface area contributed by atoms with E-state index in [0.717, 1.165) is 0 Å². The fraction of sp³-hybridized carbons (Fsp3) is 0.889. The van der Waals surface area contributed by atoms with Gasteiger partial charge in [0.05, 0.1) is 26.2 Å². The molecule has 0 heterocycles. The molecule has 0 spiro atoms. The van der Waals surface area contributed by atoms with Crippen LogP contribution in [0.2, 0.25) is 0 Å². The third-order valence-corrected chi connectivity index (χ3v) is 4.80. The third kappa shape index (κ3) is 9.27. The number of unbranched alkanes of at least 4 members (excludes halogenated alkanes) is 8. The Morgan fingerprint density at radius 1 is 0.684 bits per heavy atom. The first kappa shape index (κ1) is 18.7.